The quantitative estimate of drug-likeness (QED) is 0.551. The molecule has 1 fully saturated rings. The molecule has 0 spiro atoms. The number of nitrogens with zero attached hydrogens (tertiary/aromatic N) is 4. The van der Waals surface area contributed by atoms with Gasteiger partial charge in [0.05, 0.1) is 17.3 Å². The lowest BCUT2D eigenvalue weighted by molar-refractivity contribution is 0.102. The molecular formula is C21H20N6O2. The third-order valence-corrected chi connectivity index (χ3v) is 5.08. The molecule has 146 valence electrons. The van der Waals surface area contributed by atoms with Crippen molar-refractivity contribution in [2.45, 2.75) is 19.3 Å². The smallest absolute Gasteiger partial charge is 0.258 e. The Morgan fingerprint density at radius 2 is 1.93 bits per heavy atom. The van der Waals surface area contributed by atoms with Gasteiger partial charge in [0, 0.05) is 18.5 Å². The number of carbonyl (C=O) groups is 1. The molecule has 1 aliphatic rings. The number of aromatic nitrogens is 4. The van der Waals surface area contributed by atoms with Gasteiger partial charge >= 0.3 is 0 Å². The lowest BCUT2D eigenvalue weighted by Gasteiger charge is -2.24. The average Bonchev–Trinajstić information content (AvgIpc) is 3.46. The molecule has 0 aliphatic carbocycles. The number of fused-ring (bicyclic) bond motifs is 1. The fraction of sp³-hybridized carbons (Fsp3) is 0.238. The Balaban J connectivity index is 1.45. The van der Waals surface area contributed by atoms with E-state index in [4.69, 9.17) is 4.42 Å². The number of piperidine rings is 1. The summed E-state index contributed by atoms with van der Waals surface area (Å²) in [5.41, 5.74) is 1.82. The van der Waals surface area contributed by atoms with E-state index in [2.05, 4.69) is 30.4 Å². The number of rotatable bonds is 4. The van der Waals surface area contributed by atoms with Crippen LogP contribution in [0.1, 0.15) is 29.6 Å². The molecule has 8 heteroatoms. The molecule has 1 aromatic carbocycles. The van der Waals surface area contributed by atoms with Crippen LogP contribution >= 0.6 is 0 Å². The number of anilines is 2. The molecule has 0 unspecified atom stereocenters. The number of pyridine rings is 1. The standard InChI is InChI=1S/C21H20N6O2/c28-19(23-20-24-21(26-25-20)27-10-4-1-5-11-27)15-13-17(18-9-6-12-29-18)22-16-8-3-2-7-14(15)16/h2-3,6-9,12-13H,1,4-5,10-11H2,(H2,23,24,25,26,28). The number of aromatic amines is 1. The number of hydrogen-bond acceptors (Lipinski definition) is 6. The van der Waals surface area contributed by atoms with Crippen molar-refractivity contribution < 1.29 is 9.21 Å². The zero-order chi connectivity index (χ0) is 19.6. The first-order chi connectivity index (χ1) is 14.3. The maximum Gasteiger partial charge on any atom is 0.258 e. The van der Waals surface area contributed by atoms with E-state index in [0.29, 0.717) is 28.9 Å². The zero-order valence-electron chi connectivity index (χ0n) is 15.8. The molecule has 5 rings (SSSR count). The minimum Gasteiger partial charge on any atom is -0.463 e. The fourth-order valence-electron chi connectivity index (χ4n) is 3.63. The normalized spacial score (nSPS) is 14.3. The number of para-hydroxylation sites is 1. The summed E-state index contributed by atoms with van der Waals surface area (Å²) in [7, 11) is 0. The number of amides is 1. The molecule has 1 saturated heterocycles. The van der Waals surface area contributed by atoms with E-state index in [1.54, 1.807) is 18.4 Å². The summed E-state index contributed by atoms with van der Waals surface area (Å²) < 4.78 is 5.46. The van der Waals surface area contributed by atoms with Crippen molar-refractivity contribution in [2.24, 2.45) is 0 Å². The van der Waals surface area contributed by atoms with Gasteiger partial charge in [0.2, 0.25) is 11.9 Å². The van der Waals surface area contributed by atoms with E-state index in [9.17, 15) is 4.79 Å². The largest absolute Gasteiger partial charge is 0.463 e. The molecule has 4 heterocycles. The maximum atomic E-state index is 13.1. The second kappa shape index (κ2) is 7.38. The van der Waals surface area contributed by atoms with E-state index >= 15 is 0 Å². The minimum absolute atomic E-state index is 0.280. The Hall–Kier alpha value is -3.68. The van der Waals surface area contributed by atoms with Gasteiger partial charge in [-0.1, -0.05) is 18.2 Å². The van der Waals surface area contributed by atoms with Gasteiger partial charge in [0.15, 0.2) is 5.76 Å². The van der Waals surface area contributed by atoms with Gasteiger partial charge < -0.3 is 9.32 Å². The van der Waals surface area contributed by atoms with Gasteiger partial charge in [-0.2, -0.15) is 4.98 Å². The second-order valence-electron chi connectivity index (χ2n) is 7.04. The van der Waals surface area contributed by atoms with E-state index in [1.165, 1.54) is 6.42 Å². The van der Waals surface area contributed by atoms with Crippen LogP contribution in [-0.2, 0) is 0 Å². The number of furan rings is 1. The number of carbonyl (C=O) groups excluding carboxylic acids is 1. The van der Waals surface area contributed by atoms with Crippen molar-refractivity contribution in [3.8, 4) is 11.5 Å². The monoisotopic (exact) mass is 388 g/mol. The molecule has 0 atom stereocenters. The van der Waals surface area contributed by atoms with Gasteiger partial charge in [-0.3, -0.25) is 10.1 Å². The Bertz CT molecular complexity index is 1150. The van der Waals surface area contributed by atoms with Crippen molar-refractivity contribution in [3.63, 3.8) is 0 Å². The summed E-state index contributed by atoms with van der Waals surface area (Å²) in [5.74, 6) is 1.28. The minimum atomic E-state index is -0.280. The number of H-pyrrole nitrogens is 1. The van der Waals surface area contributed by atoms with E-state index < -0.39 is 0 Å². The zero-order valence-corrected chi connectivity index (χ0v) is 15.8. The summed E-state index contributed by atoms with van der Waals surface area (Å²) in [4.78, 5) is 24.3. The highest BCUT2D eigenvalue weighted by molar-refractivity contribution is 6.12. The van der Waals surface area contributed by atoms with Crippen LogP contribution in [0, 0.1) is 0 Å². The van der Waals surface area contributed by atoms with Crippen molar-refractivity contribution in [1.29, 1.82) is 0 Å². The van der Waals surface area contributed by atoms with Crippen LogP contribution in [0.4, 0.5) is 11.9 Å². The van der Waals surface area contributed by atoms with Crippen LogP contribution in [0.2, 0.25) is 0 Å². The highest BCUT2D eigenvalue weighted by Gasteiger charge is 2.19. The summed E-state index contributed by atoms with van der Waals surface area (Å²) in [6.07, 6.45) is 5.09. The summed E-state index contributed by atoms with van der Waals surface area (Å²) >= 11 is 0. The SMILES string of the molecule is O=C(Nc1nc(N2CCCCC2)n[nH]1)c1cc(-c2ccco2)nc2ccccc12. The molecule has 3 aromatic heterocycles. The van der Waals surface area contributed by atoms with Crippen LogP contribution < -0.4 is 10.2 Å². The van der Waals surface area contributed by atoms with Gasteiger partial charge in [-0.15, -0.1) is 5.10 Å². The van der Waals surface area contributed by atoms with Crippen LogP contribution in [0.15, 0.2) is 53.1 Å². The lowest BCUT2D eigenvalue weighted by Crippen LogP contribution is -2.30. The van der Waals surface area contributed by atoms with E-state index in [0.717, 1.165) is 36.8 Å². The highest BCUT2D eigenvalue weighted by atomic mass is 16.3. The Morgan fingerprint density at radius 1 is 1.07 bits per heavy atom. The summed E-state index contributed by atoms with van der Waals surface area (Å²) in [5, 5.41) is 10.7. The van der Waals surface area contributed by atoms with E-state index in [-0.39, 0.29) is 5.91 Å². The molecule has 4 aromatic rings. The molecule has 2 N–H and O–H groups in total. The maximum absolute atomic E-state index is 13.1. The molecule has 0 radical (unpaired) electrons. The topological polar surface area (TPSA) is 99.9 Å². The fourth-order valence-corrected chi connectivity index (χ4v) is 3.63. The van der Waals surface area contributed by atoms with Gasteiger partial charge in [0.1, 0.15) is 5.69 Å². The molecule has 1 aliphatic heterocycles. The van der Waals surface area contributed by atoms with Gasteiger partial charge in [-0.05, 0) is 43.5 Å². The van der Waals surface area contributed by atoms with Crippen molar-refractivity contribution in [1.82, 2.24) is 20.2 Å². The first-order valence-corrected chi connectivity index (χ1v) is 9.70. The predicted octanol–water partition coefficient (Wildman–Crippen LogP) is 3.86. The molecule has 0 bridgehead atoms. The average molecular weight is 388 g/mol. The van der Waals surface area contributed by atoms with Crippen LogP contribution in [0.3, 0.4) is 0 Å². The Labute approximate surface area is 167 Å². The number of benzene rings is 1. The third kappa shape index (κ3) is 3.44. The second-order valence-corrected chi connectivity index (χ2v) is 7.04. The van der Waals surface area contributed by atoms with Crippen LogP contribution in [0.25, 0.3) is 22.4 Å². The first kappa shape index (κ1) is 17.4. The Kier molecular flexibility index (Phi) is 4.44. The van der Waals surface area contributed by atoms with E-state index in [1.807, 2.05) is 30.3 Å². The molecule has 0 saturated carbocycles. The van der Waals surface area contributed by atoms with Crippen LogP contribution in [0.5, 0.6) is 0 Å². The summed E-state index contributed by atoms with van der Waals surface area (Å²) in [6.45, 7) is 1.87. The molecular weight excluding hydrogens is 368 g/mol. The molecule has 8 nitrogen and oxygen atoms in total. The molecule has 29 heavy (non-hydrogen) atoms. The third-order valence-electron chi connectivity index (χ3n) is 5.08. The predicted molar refractivity (Wildman–Crippen MR) is 110 cm³/mol. The van der Waals surface area contributed by atoms with Crippen LogP contribution in [-0.4, -0.2) is 39.2 Å². The highest BCUT2D eigenvalue weighted by Crippen LogP contribution is 2.26. The molecule has 1 amide bonds. The lowest BCUT2D eigenvalue weighted by atomic mass is 10.1. The van der Waals surface area contributed by atoms with Crippen molar-refractivity contribution in [2.75, 3.05) is 23.3 Å². The van der Waals surface area contributed by atoms with Crippen molar-refractivity contribution in [3.05, 3.63) is 54.3 Å². The van der Waals surface area contributed by atoms with Gasteiger partial charge in [0.25, 0.3) is 5.91 Å². The Morgan fingerprint density at radius 3 is 2.76 bits per heavy atom. The number of nitrogens with one attached hydrogen (secondary N) is 2. The first-order valence-electron chi connectivity index (χ1n) is 9.70. The summed E-state index contributed by atoms with van der Waals surface area (Å²) in [6, 6.07) is 12.9. The number of hydrogen-bond donors (Lipinski definition) is 2. The van der Waals surface area contributed by atoms with Crippen molar-refractivity contribution >= 4 is 28.7 Å². The van der Waals surface area contributed by atoms with Gasteiger partial charge in [-0.25, -0.2) is 10.1 Å².